The highest BCUT2D eigenvalue weighted by molar-refractivity contribution is 6.42. The van der Waals surface area contributed by atoms with Crippen LogP contribution in [0.4, 0.5) is 13.2 Å². The third-order valence-corrected chi connectivity index (χ3v) is 2.83. The zero-order valence-electron chi connectivity index (χ0n) is 8.12. The lowest BCUT2D eigenvalue weighted by Gasteiger charge is -2.17. The average molecular weight is 257 g/mol. The highest BCUT2D eigenvalue weighted by Crippen LogP contribution is 2.41. The van der Waals surface area contributed by atoms with Crippen LogP contribution in [0.25, 0.3) is 0 Å². The highest BCUT2D eigenvalue weighted by Gasteiger charge is 2.35. The summed E-state index contributed by atoms with van der Waals surface area (Å²) >= 11 is 11.4. The van der Waals surface area contributed by atoms with Gasteiger partial charge in [0.2, 0.25) is 0 Å². The number of halogens is 5. The van der Waals surface area contributed by atoms with Crippen LogP contribution in [0.3, 0.4) is 0 Å². The summed E-state index contributed by atoms with van der Waals surface area (Å²) in [4.78, 5) is 0. The smallest absolute Gasteiger partial charge is 0.166 e. The van der Waals surface area contributed by atoms with Gasteiger partial charge in [-0.05, 0) is 23.6 Å². The minimum Gasteiger partial charge on any atom is -0.166 e. The van der Waals surface area contributed by atoms with Crippen molar-refractivity contribution in [2.45, 2.75) is 25.9 Å². The first-order valence-corrected chi connectivity index (χ1v) is 5.05. The second-order valence-corrected chi connectivity index (χ2v) is 4.26. The second kappa shape index (κ2) is 4.22. The molecule has 15 heavy (non-hydrogen) atoms. The van der Waals surface area contributed by atoms with E-state index in [1.807, 2.05) is 0 Å². The molecule has 0 amide bonds. The van der Waals surface area contributed by atoms with Crippen LogP contribution in [0, 0.1) is 0 Å². The minimum atomic E-state index is -4.40. The molecule has 84 valence electrons. The molecule has 0 saturated carbocycles. The fourth-order valence-electron chi connectivity index (χ4n) is 1.38. The predicted octanol–water partition coefficient (Wildman–Crippen LogP) is 5.14. The lowest BCUT2D eigenvalue weighted by atomic mass is 9.97. The van der Waals surface area contributed by atoms with E-state index in [0.29, 0.717) is 0 Å². The zero-order chi connectivity index (χ0) is 11.8. The average Bonchev–Trinajstić information content (AvgIpc) is 2.06. The van der Waals surface area contributed by atoms with Crippen molar-refractivity contribution in [2.75, 3.05) is 0 Å². The molecular weight excluding hydrogens is 248 g/mol. The van der Waals surface area contributed by atoms with Crippen molar-refractivity contribution in [1.29, 1.82) is 0 Å². The van der Waals surface area contributed by atoms with Gasteiger partial charge in [-0.1, -0.05) is 37.0 Å². The number of rotatable bonds is 1. The van der Waals surface area contributed by atoms with Gasteiger partial charge >= 0.3 is 6.18 Å². The van der Waals surface area contributed by atoms with Crippen molar-refractivity contribution < 1.29 is 13.2 Å². The van der Waals surface area contributed by atoms with Gasteiger partial charge in [0.05, 0.1) is 15.6 Å². The van der Waals surface area contributed by atoms with Crippen LogP contribution in [0.1, 0.15) is 30.9 Å². The van der Waals surface area contributed by atoms with Gasteiger partial charge in [-0.2, -0.15) is 13.2 Å². The molecule has 0 bridgehead atoms. The van der Waals surface area contributed by atoms with Gasteiger partial charge in [-0.15, -0.1) is 0 Å². The largest absolute Gasteiger partial charge is 0.416 e. The Morgan fingerprint density at radius 3 is 2.07 bits per heavy atom. The van der Waals surface area contributed by atoms with Gasteiger partial charge in [0.25, 0.3) is 0 Å². The van der Waals surface area contributed by atoms with E-state index in [4.69, 9.17) is 23.2 Å². The summed E-state index contributed by atoms with van der Waals surface area (Å²) in [6.07, 6.45) is -4.40. The summed E-state index contributed by atoms with van der Waals surface area (Å²) in [7, 11) is 0. The summed E-state index contributed by atoms with van der Waals surface area (Å²) in [6, 6.07) is 2.13. The summed E-state index contributed by atoms with van der Waals surface area (Å²) in [5.41, 5.74) is -0.663. The SMILES string of the molecule is CC(C)c1c(C(F)(F)F)ccc(Cl)c1Cl. The highest BCUT2D eigenvalue weighted by atomic mass is 35.5. The Balaban J connectivity index is 3.47. The van der Waals surface area contributed by atoms with Crippen molar-refractivity contribution in [2.24, 2.45) is 0 Å². The molecule has 0 fully saturated rings. The molecule has 0 radical (unpaired) electrons. The van der Waals surface area contributed by atoms with Crippen LogP contribution in [-0.2, 0) is 6.18 Å². The molecule has 0 aliphatic carbocycles. The number of hydrogen-bond donors (Lipinski definition) is 0. The van der Waals surface area contributed by atoms with E-state index >= 15 is 0 Å². The summed E-state index contributed by atoms with van der Waals surface area (Å²) in [5.74, 6) is -0.326. The van der Waals surface area contributed by atoms with Crippen LogP contribution < -0.4 is 0 Å². The molecule has 0 aliphatic heterocycles. The Morgan fingerprint density at radius 2 is 1.67 bits per heavy atom. The topological polar surface area (TPSA) is 0 Å². The van der Waals surface area contributed by atoms with Crippen LogP contribution >= 0.6 is 23.2 Å². The molecular formula is C10H9Cl2F3. The third kappa shape index (κ3) is 2.58. The van der Waals surface area contributed by atoms with E-state index < -0.39 is 11.7 Å². The monoisotopic (exact) mass is 256 g/mol. The third-order valence-electron chi connectivity index (χ3n) is 2.02. The molecule has 1 rings (SSSR count). The summed E-state index contributed by atoms with van der Waals surface area (Å²) in [5, 5.41) is 0.134. The molecule has 5 heteroatoms. The quantitative estimate of drug-likeness (QED) is 0.653. The lowest BCUT2D eigenvalue weighted by molar-refractivity contribution is -0.138. The van der Waals surface area contributed by atoms with Crippen LogP contribution in [0.2, 0.25) is 10.0 Å². The van der Waals surface area contributed by atoms with Gasteiger partial charge in [0.1, 0.15) is 0 Å². The first-order valence-electron chi connectivity index (χ1n) is 4.30. The van der Waals surface area contributed by atoms with Crippen molar-refractivity contribution >= 4 is 23.2 Å². The van der Waals surface area contributed by atoms with E-state index in [2.05, 4.69) is 0 Å². The molecule has 0 nitrogen and oxygen atoms in total. The minimum absolute atomic E-state index is 0.0125. The predicted molar refractivity (Wildman–Crippen MR) is 55.6 cm³/mol. The van der Waals surface area contributed by atoms with Gasteiger partial charge in [-0.25, -0.2) is 0 Å². The van der Waals surface area contributed by atoms with Crippen LogP contribution in [0.5, 0.6) is 0 Å². The Kier molecular flexibility index (Phi) is 3.56. The van der Waals surface area contributed by atoms with Crippen molar-refractivity contribution in [1.82, 2.24) is 0 Å². The second-order valence-electron chi connectivity index (χ2n) is 3.48. The Hall–Kier alpha value is -0.410. The van der Waals surface area contributed by atoms with Gasteiger partial charge in [0, 0.05) is 0 Å². The maximum Gasteiger partial charge on any atom is 0.416 e. The molecule has 1 aromatic carbocycles. The lowest BCUT2D eigenvalue weighted by Crippen LogP contribution is -2.10. The number of hydrogen-bond acceptors (Lipinski definition) is 0. The molecule has 0 unspecified atom stereocenters. The standard InChI is InChI=1S/C10H9Cl2F3/c1-5(2)8-6(10(13,14)15)3-4-7(11)9(8)12/h3-5H,1-2H3. The van der Waals surface area contributed by atoms with Crippen LogP contribution in [0.15, 0.2) is 12.1 Å². The molecule has 0 aromatic heterocycles. The van der Waals surface area contributed by atoms with Crippen LogP contribution in [-0.4, -0.2) is 0 Å². The molecule has 0 atom stereocenters. The zero-order valence-corrected chi connectivity index (χ0v) is 9.63. The Labute approximate surface area is 96.0 Å². The molecule has 1 aromatic rings. The van der Waals surface area contributed by atoms with Gasteiger partial charge < -0.3 is 0 Å². The Bertz CT molecular complexity index is 370. The van der Waals surface area contributed by atoms with Crippen molar-refractivity contribution in [3.8, 4) is 0 Å². The van der Waals surface area contributed by atoms with Gasteiger partial charge in [-0.3, -0.25) is 0 Å². The van der Waals surface area contributed by atoms with E-state index in [1.54, 1.807) is 13.8 Å². The normalized spacial score (nSPS) is 12.3. The summed E-state index contributed by atoms with van der Waals surface area (Å²) in [6.45, 7) is 3.29. The number of benzene rings is 1. The first-order chi connectivity index (χ1) is 6.75. The molecule has 0 N–H and O–H groups in total. The van der Waals surface area contributed by atoms with E-state index in [9.17, 15) is 13.2 Å². The van der Waals surface area contributed by atoms with E-state index in [0.717, 1.165) is 6.07 Å². The van der Waals surface area contributed by atoms with Gasteiger partial charge in [0.15, 0.2) is 0 Å². The maximum atomic E-state index is 12.6. The molecule has 0 heterocycles. The molecule has 0 spiro atoms. The fourth-order valence-corrected chi connectivity index (χ4v) is 1.93. The number of alkyl halides is 3. The van der Waals surface area contributed by atoms with E-state index in [1.165, 1.54) is 6.07 Å². The summed E-state index contributed by atoms with van der Waals surface area (Å²) < 4.78 is 37.9. The molecule has 0 saturated heterocycles. The Morgan fingerprint density at radius 1 is 1.13 bits per heavy atom. The maximum absolute atomic E-state index is 12.6. The van der Waals surface area contributed by atoms with E-state index in [-0.39, 0.29) is 21.5 Å². The molecule has 0 aliphatic rings. The fraction of sp³-hybridized carbons (Fsp3) is 0.400. The van der Waals surface area contributed by atoms with Crippen molar-refractivity contribution in [3.05, 3.63) is 33.3 Å². The first kappa shape index (κ1) is 12.7. The van der Waals surface area contributed by atoms with Crippen molar-refractivity contribution in [3.63, 3.8) is 0 Å².